The number of hydrogen-bond acceptors (Lipinski definition) is 6. The number of nitrogens with zero attached hydrogens (tertiary/aromatic N) is 4. The smallest absolute Gasteiger partial charge is 0.248 e. The maximum Gasteiger partial charge on any atom is 0.248 e. The molecule has 4 rings (SSSR count). The molecule has 8 heteroatoms. The summed E-state index contributed by atoms with van der Waals surface area (Å²) in [5.74, 6) is 0.757. The molecule has 1 fully saturated rings. The maximum atomic E-state index is 11.8. The van der Waals surface area contributed by atoms with Crippen LogP contribution in [0.1, 0.15) is 24.5 Å². The molecule has 0 atom stereocenters. The third-order valence-corrected chi connectivity index (χ3v) is 5.37. The number of nitrogens with one attached hydrogen (secondary N) is 1. The minimum atomic E-state index is -0.444. The van der Waals surface area contributed by atoms with Gasteiger partial charge in [0.15, 0.2) is 0 Å². The van der Waals surface area contributed by atoms with E-state index in [1.54, 1.807) is 18.2 Å². The minimum Gasteiger partial charge on any atom is -0.497 e. The lowest BCUT2D eigenvalue weighted by atomic mass is 9.89. The average molecular weight is 393 g/mol. The Balaban J connectivity index is 1.72. The van der Waals surface area contributed by atoms with Crippen LogP contribution in [-0.2, 0) is 4.79 Å². The molecule has 1 aliphatic heterocycles. The topological polar surface area (TPSA) is 104 Å². The molecular formula is C21H23N5O3. The van der Waals surface area contributed by atoms with E-state index in [2.05, 4.69) is 20.2 Å². The van der Waals surface area contributed by atoms with Crippen LogP contribution in [0, 0.1) is 0 Å². The fourth-order valence-electron chi connectivity index (χ4n) is 3.85. The van der Waals surface area contributed by atoms with Crippen molar-refractivity contribution in [3.05, 3.63) is 48.5 Å². The second kappa shape index (κ2) is 8.40. The number of hydrogen-bond donors (Lipinski definition) is 2. The third kappa shape index (κ3) is 3.84. The van der Waals surface area contributed by atoms with Crippen molar-refractivity contribution in [2.75, 3.05) is 26.8 Å². The van der Waals surface area contributed by atoms with Crippen LogP contribution in [-0.4, -0.2) is 62.9 Å². The molecule has 1 saturated heterocycles. The molecule has 0 unspecified atom stereocenters. The van der Waals surface area contributed by atoms with E-state index < -0.39 is 6.61 Å². The van der Waals surface area contributed by atoms with E-state index in [-0.39, 0.29) is 11.8 Å². The van der Waals surface area contributed by atoms with E-state index >= 15 is 0 Å². The van der Waals surface area contributed by atoms with Crippen LogP contribution in [0.2, 0.25) is 0 Å². The van der Waals surface area contributed by atoms with Gasteiger partial charge in [0, 0.05) is 42.0 Å². The Morgan fingerprint density at radius 3 is 2.83 bits per heavy atom. The fraction of sp³-hybridized carbons (Fsp3) is 0.333. The molecule has 2 N–H and O–H groups in total. The number of aromatic nitrogens is 4. The number of ether oxygens (including phenoxy) is 1. The standard InChI is InChI=1S/C21H23N5O3/c1-29-16-4-2-3-15(11-16)21-19(17-5-8-22-13-23-17)20(24-25-21)14-6-9-26(10-7-14)18(28)12-27/h2-5,8,11,13-14,27H,6-7,9-10,12H2,1H3,(H,24,25). The average Bonchev–Trinajstić information content (AvgIpc) is 3.24. The van der Waals surface area contributed by atoms with Gasteiger partial charge in [0.25, 0.3) is 0 Å². The highest BCUT2D eigenvalue weighted by Crippen LogP contribution is 2.39. The first-order valence-electron chi connectivity index (χ1n) is 9.59. The Bertz CT molecular complexity index is 981. The lowest BCUT2D eigenvalue weighted by molar-refractivity contribution is -0.135. The van der Waals surface area contributed by atoms with Gasteiger partial charge in [-0.15, -0.1) is 0 Å². The van der Waals surface area contributed by atoms with Crippen molar-refractivity contribution in [3.63, 3.8) is 0 Å². The summed E-state index contributed by atoms with van der Waals surface area (Å²) in [7, 11) is 1.64. The Hall–Kier alpha value is -3.26. The number of amides is 1. The van der Waals surface area contributed by atoms with Crippen LogP contribution in [0.15, 0.2) is 42.9 Å². The number of carbonyl (C=O) groups excluding carboxylic acids is 1. The van der Waals surface area contributed by atoms with Gasteiger partial charge in [0.05, 0.1) is 12.8 Å². The number of rotatable bonds is 5. The quantitative estimate of drug-likeness (QED) is 0.689. The van der Waals surface area contributed by atoms with Crippen molar-refractivity contribution in [2.24, 2.45) is 0 Å². The number of likely N-dealkylation sites (tertiary alicyclic amines) is 1. The van der Waals surface area contributed by atoms with Crippen LogP contribution in [0.3, 0.4) is 0 Å². The highest BCUT2D eigenvalue weighted by atomic mass is 16.5. The summed E-state index contributed by atoms with van der Waals surface area (Å²) in [5, 5.41) is 17.0. The van der Waals surface area contributed by atoms with Gasteiger partial charge < -0.3 is 14.7 Å². The monoisotopic (exact) mass is 393 g/mol. The first-order chi connectivity index (χ1) is 14.2. The van der Waals surface area contributed by atoms with Gasteiger partial charge >= 0.3 is 0 Å². The molecule has 3 aromatic rings. The third-order valence-electron chi connectivity index (χ3n) is 5.37. The summed E-state index contributed by atoms with van der Waals surface area (Å²) in [6.45, 7) is 0.780. The SMILES string of the molecule is COc1cccc(-c2n[nH]c(C3CCN(C(=O)CO)CC3)c2-c2ccncn2)c1. The molecule has 0 aliphatic carbocycles. The lowest BCUT2D eigenvalue weighted by Gasteiger charge is -2.31. The normalized spacial score (nSPS) is 14.8. The number of methoxy groups -OCH3 is 1. The molecule has 2 aromatic heterocycles. The largest absolute Gasteiger partial charge is 0.497 e. The molecule has 150 valence electrons. The van der Waals surface area contributed by atoms with Crippen molar-refractivity contribution in [3.8, 4) is 28.3 Å². The van der Waals surface area contributed by atoms with E-state index in [0.29, 0.717) is 13.1 Å². The maximum absolute atomic E-state index is 11.8. The zero-order chi connectivity index (χ0) is 20.2. The number of aliphatic hydroxyl groups is 1. The number of aliphatic hydroxyl groups excluding tert-OH is 1. The molecule has 0 bridgehead atoms. The minimum absolute atomic E-state index is 0.217. The number of aromatic amines is 1. The molecule has 1 aliphatic rings. The van der Waals surface area contributed by atoms with Gasteiger partial charge in [-0.1, -0.05) is 12.1 Å². The summed E-state index contributed by atoms with van der Waals surface area (Å²) < 4.78 is 5.37. The zero-order valence-electron chi connectivity index (χ0n) is 16.2. The Morgan fingerprint density at radius 1 is 1.31 bits per heavy atom. The van der Waals surface area contributed by atoms with Gasteiger partial charge in [-0.05, 0) is 31.0 Å². The molecule has 1 aromatic carbocycles. The Kier molecular flexibility index (Phi) is 5.53. The summed E-state index contributed by atoms with van der Waals surface area (Å²) in [6, 6.07) is 9.66. The summed E-state index contributed by atoms with van der Waals surface area (Å²) in [5.41, 5.74) is 4.51. The van der Waals surface area contributed by atoms with Crippen LogP contribution < -0.4 is 4.74 Å². The summed E-state index contributed by atoms with van der Waals surface area (Å²) in [4.78, 5) is 22.0. The van der Waals surface area contributed by atoms with E-state index in [9.17, 15) is 4.79 Å². The highest BCUT2D eigenvalue weighted by molar-refractivity contribution is 5.82. The molecule has 0 radical (unpaired) electrons. The summed E-state index contributed by atoms with van der Waals surface area (Å²) >= 11 is 0. The first kappa shape index (κ1) is 19.1. The second-order valence-corrected chi connectivity index (χ2v) is 7.00. The van der Waals surface area contributed by atoms with Gasteiger partial charge in [0.1, 0.15) is 24.4 Å². The first-order valence-corrected chi connectivity index (χ1v) is 9.59. The zero-order valence-corrected chi connectivity index (χ0v) is 16.2. The van der Waals surface area contributed by atoms with Crippen LogP contribution in [0.5, 0.6) is 5.75 Å². The van der Waals surface area contributed by atoms with Crippen molar-refractivity contribution in [2.45, 2.75) is 18.8 Å². The molecule has 1 amide bonds. The van der Waals surface area contributed by atoms with Crippen molar-refractivity contribution < 1.29 is 14.6 Å². The molecular weight excluding hydrogens is 370 g/mol. The van der Waals surface area contributed by atoms with Crippen LogP contribution in [0.4, 0.5) is 0 Å². The molecule has 0 saturated carbocycles. The predicted molar refractivity (Wildman–Crippen MR) is 107 cm³/mol. The van der Waals surface area contributed by atoms with E-state index in [1.807, 2.05) is 30.3 Å². The predicted octanol–water partition coefficient (Wildman–Crippen LogP) is 2.24. The van der Waals surface area contributed by atoms with Crippen molar-refractivity contribution in [1.82, 2.24) is 25.1 Å². The van der Waals surface area contributed by atoms with E-state index in [4.69, 9.17) is 9.84 Å². The molecule has 0 spiro atoms. The highest BCUT2D eigenvalue weighted by Gasteiger charge is 2.29. The van der Waals surface area contributed by atoms with Gasteiger partial charge in [-0.2, -0.15) is 5.10 Å². The van der Waals surface area contributed by atoms with Gasteiger partial charge in [0.2, 0.25) is 5.91 Å². The van der Waals surface area contributed by atoms with Crippen molar-refractivity contribution in [1.29, 1.82) is 0 Å². The molecule has 29 heavy (non-hydrogen) atoms. The number of carbonyl (C=O) groups is 1. The lowest BCUT2D eigenvalue weighted by Crippen LogP contribution is -2.39. The van der Waals surface area contributed by atoms with Crippen LogP contribution >= 0.6 is 0 Å². The fourth-order valence-corrected chi connectivity index (χ4v) is 3.85. The Morgan fingerprint density at radius 2 is 2.14 bits per heavy atom. The second-order valence-electron chi connectivity index (χ2n) is 7.00. The van der Waals surface area contributed by atoms with Crippen molar-refractivity contribution >= 4 is 5.91 Å². The number of H-pyrrole nitrogens is 1. The van der Waals surface area contributed by atoms with Gasteiger partial charge in [-0.3, -0.25) is 9.89 Å². The number of benzene rings is 1. The molecule has 8 nitrogen and oxygen atoms in total. The molecule has 3 heterocycles. The summed E-state index contributed by atoms with van der Waals surface area (Å²) in [6.07, 6.45) is 4.84. The Labute approximate surface area is 168 Å². The van der Waals surface area contributed by atoms with Crippen LogP contribution in [0.25, 0.3) is 22.5 Å². The van der Waals surface area contributed by atoms with E-state index in [1.165, 1.54) is 6.33 Å². The number of piperidine rings is 1. The van der Waals surface area contributed by atoms with Gasteiger partial charge in [-0.25, -0.2) is 9.97 Å². The van der Waals surface area contributed by atoms with E-state index in [0.717, 1.165) is 46.8 Å².